The highest BCUT2D eigenvalue weighted by atomic mass is 32.2. The number of amides is 1. The topological polar surface area (TPSA) is 75.3 Å². The van der Waals surface area contributed by atoms with Crippen LogP contribution in [-0.2, 0) is 20.2 Å². The van der Waals surface area contributed by atoms with Crippen LogP contribution in [0.3, 0.4) is 0 Å². The summed E-state index contributed by atoms with van der Waals surface area (Å²) in [5, 5.41) is 2.60. The number of hydrogen-bond acceptors (Lipinski definition) is 3. The van der Waals surface area contributed by atoms with Crippen LogP contribution in [0.4, 0.5) is 11.4 Å². The molecule has 0 aliphatic rings. The number of anilines is 2. The number of sulfonamides is 1. The van der Waals surface area contributed by atoms with Gasteiger partial charge in [-0.3, -0.25) is 9.52 Å². The molecule has 0 radical (unpaired) electrons. The van der Waals surface area contributed by atoms with Gasteiger partial charge in [0, 0.05) is 18.3 Å². The summed E-state index contributed by atoms with van der Waals surface area (Å²) in [6, 6.07) is 13.4. The summed E-state index contributed by atoms with van der Waals surface area (Å²) in [5.41, 5.74) is 2.20. The summed E-state index contributed by atoms with van der Waals surface area (Å²) in [4.78, 5) is 11.1. The molecule has 0 aliphatic carbocycles. The van der Waals surface area contributed by atoms with Gasteiger partial charge in [0.15, 0.2) is 0 Å². The van der Waals surface area contributed by atoms with Crippen LogP contribution in [-0.4, -0.2) is 14.3 Å². The lowest BCUT2D eigenvalue weighted by Crippen LogP contribution is -2.14. The SMILES string of the molecule is CC(=O)Nc1ccc(S(=O)(=O)Nc2ccc(C(C)(C)C)cc2)cc1. The van der Waals surface area contributed by atoms with E-state index in [-0.39, 0.29) is 16.2 Å². The van der Waals surface area contributed by atoms with Crippen LogP contribution in [0, 0.1) is 0 Å². The molecule has 1 amide bonds. The van der Waals surface area contributed by atoms with Crippen LogP contribution in [0.25, 0.3) is 0 Å². The largest absolute Gasteiger partial charge is 0.326 e. The summed E-state index contributed by atoms with van der Waals surface area (Å²) in [6.45, 7) is 7.70. The fourth-order valence-corrected chi connectivity index (χ4v) is 3.23. The zero-order chi connectivity index (χ0) is 18.0. The fourth-order valence-electron chi connectivity index (χ4n) is 2.17. The summed E-state index contributed by atoms with van der Waals surface area (Å²) in [7, 11) is -3.67. The molecular formula is C18H22N2O3S. The average molecular weight is 346 g/mol. The Hall–Kier alpha value is -2.34. The maximum atomic E-state index is 12.4. The van der Waals surface area contributed by atoms with Crippen LogP contribution >= 0.6 is 0 Å². The molecule has 0 aliphatic heterocycles. The summed E-state index contributed by atoms with van der Waals surface area (Å²) >= 11 is 0. The standard InChI is InChI=1S/C18H22N2O3S/c1-13(21)19-15-9-11-17(12-10-15)24(22,23)20-16-7-5-14(6-8-16)18(2,3)4/h5-12,20H,1-4H3,(H,19,21). The Morgan fingerprint density at radius 1 is 0.875 bits per heavy atom. The van der Waals surface area contributed by atoms with Gasteiger partial charge in [0.1, 0.15) is 0 Å². The lowest BCUT2D eigenvalue weighted by Gasteiger charge is -2.19. The Labute approximate surface area is 143 Å². The Morgan fingerprint density at radius 2 is 1.38 bits per heavy atom. The van der Waals surface area contributed by atoms with Gasteiger partial charge in [-0.2, -0.15) is 0 Å². The molecule has 0 bridgehead atoms. The molecule has 128 valence electrons. The van der Waals surface area contributed by atoms with Crippen LogP contribution in [0.5, 0.6) is 0 Å². The summed E-state index contributed by atoms with van der Waals surface area (Å²) in [5.74, 6) is -0.206. The maximum absolute atomic E-state index is 12.4. The highest BCUT2D eigenvalue weighted by Crippen LogP contribution is 2.24. The molecule has 0 unspecified atom stereocenters. The van der Waals surface area contributed by atoms with Gasteiger partial charge in [0.2, 0.25) is 5.91 Å². The van der Waals surface area contributed by atoms with Crippen molar-refractivity contribution >= 4 is 27.3 Å². The Kier molecular flexibility index (Phi) is 4.99. The van der Waals surface area contributed by atoms with E-state index in [9.17, 15) is 13.2 Å². The minimum absolute atomic E-state index is 0.0109. The second-order valence-corrected chi connectivity index (χ2v) is 8.32. The van der Waals surface area contributed by atoms with Crippen molar-refractivity contribution in [3.63, 3.8) is 0 Å². The fraction of sp³-hybridized carbons (Fsp3) is 0.278. The molecule has 2 aromatic carbocycles. The smallest absolute Gasteiger partial charge is 0.261 e. The third kappa shape index (κ3) is 4.58. The monoisotopic (exact) mass is 346 g/mol. The maximum Gasteiger partial charge on any atom is 0.261 e. The highest BCUT2D eigenvalue weighted by molar-refractivity contribution is 7.92. The molecule has 0 saturated carbocycles. The predicted molar refractivity (Wildman–Crippen MR) is 96.7 cm³/mol. The van der Waals surface area contributed by atoms with Crippen LogP contribution < -0.4 is 10.0 Å². The second-order valence-electron chi connectivity index (χ2n) is 6.64. The van der Waals surface area contributed by atoms with Gasteiger partial charge in [0.05, 0.1) is 4.90 Å². The zero-order valence-corrected chi connectivity index (χ0v) is 15.1. The van der Waals surface area contributed by atoms with E-state index in [1.807, 2.05) is 12.1 Å². The van der Waals surface area contributed by atoms with E-state index >= 15 is 0 Å². The van der Waals surface area contributed by atoms with Crippen LogP contribution in [0.2, 0.25) is 0 Å². The van der Waals surface area contributed by atoms with Gasteiger partial charge >= 0.3 is 0 Å². The van der Waals surface area contributed by atoms with Crippen molar-refractivity contribution in [3.05, 3.63) is 54.1 Å². The summed E-state index contributed by atoms with van der Waals surface area (Å²) < 4.78 is 27.4. The predicted octanol–water partition coefficient (Wildman–Crippen LogP) is 3.74. The number of carbonyl (C=O) groups is 1. The van der Waals surface area contributed by atoms with E-state index in [1.54, 1.807) is 24.3 Å². The van der Waals surface area contributed by atoms with Crippen molar-refractivity contribution in [1.29, 1.82) is 0 Å². The first kappa shape index (κ1) is 18.0. The molecule has 5 nitrogen and oxygen atoms in total. The molecule has 24 heavy (non-hydrogen) atoms. The average Bonchev–Trinajstić information content (AvgIpc) is 2.46. The van der Waals surface area contributed by atoms with Crippen molar-refractivity contribution in [2.75, 3.05) is 10.0 Å². The molecule has 2 rings (SSSR count). The Balaban J connectivity index is 2.17. The highest BCUT2D eigenvalue weighted by Gasteiger charge is 2.16. The third-order valence-electron chi connectivity index (χ3n) is 3.49. The quantitative estimate of drug-likeness (QED) is 0.885. The first-order chi connectivity index (χ1) is 11.1. The first-order valence-electron chi connectivity index (χ1n) is 7.59. The van der Waals surface area contributed by atoms with Crippen molar-refractivity contribution in [3.8, 4) is 0 Å². The van der Waals surface area contributed by atoms with Crippen molar-refractivity contribution in [1.82, 2.24) is 0 Å². The number of carbonyl (C=O) groups excluding carboxylic acids is 1. The number of nitrogens with one attached hydrogen (secondary N) is 2. The minimum atomic E-state index is -3.67. The molecule has 0 atom stereocenters. The van der Waals surface area contributed by atoms with Gasteiger partial charge in [-0.25, -0.2) is 8.42 Å². The zero-order valence-electron chi connectivity index (χ0n) is 14.3. The number of rotatable bonds is 4. The van der Waals surface area contributed by atoms with E-state index in [4.69, 9.17) is 0 Å². The first-order valence-corrected chi connectivity index (χ1v) is 9.07. The van der Waals surface area contributed by atoms with E-state index in [0.29, 0.717) is 11.4 Å². The number of hydrogen-bond donors (Lipinski definition) is 2. The van der Waals surface area contributed by atoms with Gasteiger partial charge in [-0.15, -0.1) is 0 Å². The van der Waals surface area contributed by atoms with Gasteiger partial charge in [-0.05, 0) is 47.4 Å². The molecule has 2 aromatic rings. The van der Waals surface area contributed by atoms with E-state index in [1.165, 1.54) is 19.1 Å². The van der Waals surface area contributed by atoms with Crippen molar-refractivity contribution in [2.45, 2.75) is 38.0 Å². The van der Waals surface area contributed by atoms with E-state index in [2.05, 4.69) is 30.8 Å². The third-order valence-corrected chi connectivity index (χ3v) is 4.89. The lowest BCUT2D eigenvalue weighted by atomic mass is 9.87. The van der Waals surface area contributed by atoms with Crippen LogP contribution in [0.1, 0.15) is 33.3 Å². The Morgan fingerprint density at radius 3 is 1.83 bits per heavy atom. The molecule has 0 heterocycles. The normalized spacial score (nSPS) is 11.8. The molecule has 2 N–H and O–H groups in total. The van der Waals surface area contributed by atoms with Gasteiger partial charge in [0.25, 0.3) is 10.0 Å². The van der Waals surface area contributed by atoms with Crippen LogP contribution in [0.15, 0.2) is 53.4 Å². The minimum Gasteiger partial charge on any atom is -0.326 e. The molecule has 0 fully saturated rings. The number of benzene rings is 2. The molecule has 0 aromatic heterocycles. The van der Waals surface area contributed by atoms with Gasteiger partial charge < -0.3 is 5.32 Å². The molecule has 6 heteroatoms. The van der Waals surface area contributed by atoms with Crippen molar-refractivity contribution < 1.29 is 13.2 Å². The molecular weight excluding hydrogens is 324 g/mol. The summed E-state index contributed by atoms with van der Waals surface area (Å²) in [6.07, 6.45) is 0. The molecule has 0 spiro atoms. The second kappa shape index (κ2) is 6.65. The molecule has 0 saturated heterocycles. The Bertz CT molecular complexity index is 818. The van der Waals surface area contributed by atoms with E-state index < -0.39 is 10.0 Å². The van der Waals surface area contributed by atoms with E-state index in [0.717, 1.165) is 5.56 Å². The van der Waals surface area contributed by atoms with Gasteiger partial charge in [-0.1, -0.05) is 32.9 Å². The van der Waals surface area contributed by atoms with Crippen molar-refractivity contribution in [2.24, 2.45) is 0 Å². The lowest BCUT2D eigenvalue weighted by molar-refractivity contribution is -0.114.